The van der Waals surface area contributed by atoms with Gasteiger partial charge in [-0.1, -0.05) is 45.7 Å². The zero-order valence-corrected chi connectivity index (χ0v) is 13.5. The molecule has 5 heteroatoms. The standard InChI is InChI=1S/C14H20BrClO3/c1-17-7-4-8-18-9-10-19-14(11-15)12-5-2-3-6-13(12)16/h2-3,5-6,14H,4,7-11H2,1H3. The van der Waals surface area contributed by atoms with E-state index in [4.69, 9.17) is 25.8 Å². The molecular formula is C14H20BrClO3. The number of halogens is 2. The molecule has 1 aromatic rings. The second kappa shape index (κ2) is 10.6. The van der Waals surface area contributed by atoms with Crippen molar-refractivity contribution in [1.82, 2.24) is 0 Å². The molecule has 0 aromatic heterocycles. The number of rotatable bonds is 10. The Morgan fingerprint density at radius 2 is 1.95 bits per heavy atom. The highest BCUT2D eigenvalue weighted by molar-refractivity contribution is 9.09. The topological polar surface area (TPSA) is 27.7 Å². The quantitative estimate of drug-likeness (QED) is 0.473. The van der Waals surface area contributed by atoms with Crippen molar-refractivity contribution in [2.45, 2.75) is 12.5 Å². The molecule has 0 fully saturated rings. The fourth-order valence-corrected chi connectivity index (χ4v) is 2.40. The van der Waals surface area contributed by atoms with Crippen LogP contribution in [-0.2, 0) is 14.2 Å². The molecule has 1 aromatic carbocycles. The molecule has 0 saturated heterocycles. The molecular weight excluding hydrogens is 332 g/mol. The van der Waals surface area contributed by atoms with Gasteiger partial charge in [0.15, 0.2) is 0 Å². The first kappa shape index (κ1) is 16.9. The van der Waals surface area contributed by atoms with Gasteiger partial charge in [-0.25, -0.2) is 0 Å². The Hall–Kier alpha value is -0.130. The summed E-state index contributed by atoms with van der Waals surface area (Å²) in [6.07, 6.45) is 0.861. The SMILES string of the molecule is COCCCOCCOC(CBr)c1ccccc1Cl. The minimum Gasteiger partial charge on any atom is -0.385 e. The molecule has 1 atom stereocenters. The predicted molar refractivity (Wildman–Crippen MR) is 81.3 cm³/mol. The van der Waals surface area contributed by atoms with Crippen LogP contribution in [-0.4, -0.2) is 38.9 Å². The zero-order chi connectivity index (χ0) is 13.9. The van der Waals surface area contributed by atoms with Crippen LogP contribution < -0.4 is 0 Å². The summed E-state index contributed by atoms with van der Waals surface area (Å²) in [6, 6.07) is 7.72. The van der Waals surface area contributed by atoms with E-state index in [0.29, 0.717) is 25.2 Å². The molecule has 0 radical (unpaired) electrons. The summed E-state index contributed by atoms with van der Waals surface area (Å²) in [5.41, 5.74) is 1.00. The molecule has 19 heavy (non-hydrogen) atoms. The molecule has 0 bridgehead atoms. The minimum absolute atomic E-state index is 0.0451. The van der Waals surface area contributed by atoms with E-state index in [9.17, 15) is 0 Å². The van der Waals surface area contributed by atoms with Crippen LogP contribution in [0.4, 0.5) is 0 Å². The summed E-state index contributed by atoms with van der Waals surface area (Å²) < 4.78 is 16.2. The number of hydrogen-bond donors (Lipinski definition) is 0. The van der Waals surface area contributed by atoms with E-state index in [2.05, 4.69) is 15.9 Å². The van der Waals surface area contributed by atoms with Gasteiger partial charge in [0.25, 0.3) is 0 Å². The molecule has 1 unspecified atom stereocenters. The van der Waals surface area contributed by atoms with Crippen LogP contribution in [0.5, 0.6) is 0 Å². The molecule has 1 rings (SSSR count). The van der Waals surface area contributed by atoms with E-state index >= 15 is 0 Å². The second-order valence-electron chi connectivity index (χ2n) is 3.99. The van der Waals surface area contributed by atoms with E-state index in [1.165, 1.54) is 0 Å². The summed E-state index contributed by atoms with van der Waals surface area (Å²) >= 11 is 9.60. The van der Waals surface area contributed by atoms with E-state index in [-0.39, 0.29) is 6.10 Å². The van der Waals surface area contributed by atoms with E-state index < -0.39 is 0 Å². The Labute approximate surface area is 128 Å². The van der Waals surface area contributed by atoms with E-state index in [1.54, 1.807) is 7.11 Å². The number of benzene rings is 1. The lowest BCUT2D eigenvalue weighted by molar-refractivity contribution is 0.00982. The van der Waals surface area contributed by atoms with E-state index in [0.717, 1.165) is 23.6 Å². The summed E-state index contributed by atoms with van der Waals surface area (Å²) in [7, 11) is 1.69. The third-order valence-corrected chi connectivity index (χ3v) is 3.51. The average molecular weight is 352 g/mol. The van der Waals surface area contributed by atoms with Gasteiger partial charge in [-0.2, -0.15) is 0 Å². The Morgan fingerprint density at radius 1 is 1.16 bits per heavy atom. The van der Waals surface area contributed by atoms with Gasteiger partial charge in [0.05, 0.1) is 19.3 Å². The largest absolute Gasteiger partial charge is 0.385 e. The van der Waals surface area contributed by atoms with Gasteiger partial charge in [-0.3, -0.25) is 0 Å². The van der Waals surface area contributed by atoms with Crippen LogP contribution in [0.25, 0.3) is 0 Å². The van der Waals surface area contributed by atoms with Crippen LogP contribution in [0.15, 0.2) is 24.3 Å². The first-order valence-corrected chi connectivity index (χ1v) is 7.78. The van der Waals surface area contributed by atoms with Crippen molar-refractivity contribution in [2.75, 3.05) is 38.9 Å². The maximum atomic E-state index is 6.15. The van der Waals surface area contributed by atoms with Gasteiger partial charge in [0.1, 0.15) is 0 Å². The summed E-state index contributed by atoms with van der Waals surface area (Å²) in [5.74, 6) is 0. The van der Waals surface area contributed by atoms with Gasteiger partial charge in [0, 0.05) is 36.2 Å². The number of hydrogen-bond acceptors (Lipinski definition) is 3. The first-order valence-electron chi connectivity index (χ1n) is 6.28. The van der Waals surface area contributed by atoms with Crippen molar-refractivity contribution in [3.8, 4) is 0 Å². The third-order valence-electron chi connectivity index (χ3n) is 2.58. The lowest BCUT2D eigenvalue weighted by Gasteiger charge is -2.17. The van der Waals surface area contributed by atoms with Gasteiger partial charge in [0.2, 0.25) is 0 Å². The molecule has 0 spiro atoms. The molecule has 0 heterocycles. The summed E-state index contributed by atoms with van der Waals surface area (Å²) in [6.45, 7) is 2.55. The number of ether oxygens (including phenoxy) is 3. The highest BCUT2D eigenvalue weighted by Gasteiger charge is 2.13. The average Bonchev–Trinajstić information content (AvgIpc) is 2.43. The zero-order valence-electron chi connectivity index (χ0n) is 11.1. The lowest BCUT2D eigenvalue weighted by atomic mass is 10.1. The van der Waals surface area contributed by atoms with Crippen LogP contribution in [0.2, 0.25) is 5.02 Å². The van der Waals surface area contributed by atoms with Crippen molar-refractivity contribution in [2.24, 2.45) is 0 Å². The van der Waals surface area contributed by atoms with Crippen LogP contribution in [0.3, 0.4) is 0 Å². The van der Waals surface area contributed by atoms with Gasteiger partial charge < -0.3 is 14.2 Å². The fraction of sp³-hybridized carbons (Fsp3) is 0.571. The van der Waals surface area contributed by atoms with Gasteiger partial charge in [-0.15, -0.1) is 0 Å². The third kappa shape index (κ3) is 6.72. The van der Waals surface area contributed by atoms with Gasteiger partial charge in [-0.05, 0) is 12.5 Å². The highest BCUT2D eigenvalue weighted by atomic mass is 79.9. The predicted octanol–water partition coefficient (Wildman–Crippen LogP) is 3.85. The molecule has 0 aliphatic carbocycles. The summed E-state index contributed by atoms with van der Waals surface area (Å²) in [5, 5.41) is 1.44. The van der Waals surface area contributed by atoms with Crippen molar-refractivity contribution in [3.05, 3.63) is 34.9 Å². The van der Waals surface area contributed by atoms with Crippen LogP contribution in [0.1, 0.15) is 18.1 Å². The monoisotopic (exact) mass is 350 g/mol. The Morgan fingerprint density at radius 3 is 2.63 bits per heavy atom. The second-order valence-corrected chi connectivity index (χ2v) is 5.05. The molecule has 0 aliphatic rings. The highest BCUT2D eigenvalue weighted by Crippen LogP contribution is 2.26. The first-order chi connectivity index (χ1) is 9.29. The minimum atomic E-state index is -0.0451. The Bertz CT molecular complexity index is 349. The molecule has 0 N–H and O–H groups in total. The maximum absolute atomic E-state index is 6.15. The Balaban J connectivity index is 2.24. The Kier molecular flexibility index (Phi) is 9.47. The molecule has 0 aliphatic heterocycles. The number of alkyl halides is 1. The molecule has 0 saturated carbocycles. The van der Waals surface area contributed by atoms with Crippen molar-refractivity contribution in [1.29, 1.82) is 0 Å². The van der Waals surface area contributed by atoms with Crippen molar-refractivity contribution in [3.63, 3.8) is 0 Å². The molecule has 108 valence electrons. The fourth-order valence-electron chi connectivity index (χ4n) is 1.61. The van der Waals surface area contributed by atoms with Crippen molar-refractivity contribution < 1.29 is 14.2 Å². The van der Waals surface area contributed by atoms with Crippen LogP contribution in [0, 0.1) is 0 Å². The van der Waals surface area contributed by atoms with E-state index in [1.807, 2.05) is 24.3 Å². The van der Waals surface area contributed by atoms with Gasteiger partial charge >= 0.3 is 0 Å². The smallest absolute Gasteiger partial charge is 0.0937 e. The van der Waals surface area contributed by atoms with Crippen LogP contribution >= 0.6 is 27.5 Å². The maximum Gasteiger partial charge on any atom is 0.0937 e. The lowest BCUT2D eigenvalue weighted by Crippen LogP contribution is -2.12. The number of methoxy groups -OCH3 is 1. The molecule has 0 amide bonds. The summed E-state index contributed by atoms with van der Waals surface area (Å²) in [4.78, 5) is 0. The van der Waals surface area contributed by atoms with Crippen molar-refractivity contribution >= 4 is 27.5 Å². The molecule has 3 nitrogen and oxygen atoms in total. The normalized spacial score (nSPS) is 12.6.